The van der Waals surface area contributed by atoms with Crippen LogP contribution in [0.5, 0.6) is 23.0 Å². The number of piperidine rings is 3. The summed E-state index contributed by atoms with van der Waals surface area (Å²) in [5.41, 5.74) is 0.996. The Labute approximate surface area is 441 Å². The van der Waals surface area contributed by atoms with E-state index in [0.29, 0.717) is 64.1 Å². The Bertz CT molecular complexity index is 3370. The van der Waals surface area contributed by atoms with Gasteiger partial charge in [-0.1, -0.05) is 67.9 Å². The number of ether oxygens (including phenoxy) is 4. The second-order valence-electron chi connectivity index (χ2n) is 18.9. The average molecular weight is 1060 g/mol. The minimum atomic E-state index is -1.000. The van der Waals surface area contributed by atoms with E-state index in [1.165, 1.54) is 50.9 Å². The number of hydrogen-bond acceptors (Lipinski definition) is 12. The van der Waals surface area contributed by atoms with E-state index < -0.39 is 23.3 Å². The number of amides is 2. The fraction of sp³-hybridized carbons (Fsp3) is 0.309. The van der Waals surface area contributed by atoms with Gasteiger partial charge in [0.1, 0.15) is 24.3 Å². The zero-order chi connectivity index (χ0) is 52.7. The summed E-state index contributed by atoms with van der Waals surface area (Å²) in [5.74, 6) is -0.616. The molecule has 0 radical (unpaired) electrons. The normalized spacial score (nSPS) is 20.0. The number of rotatable bonds is 15. The third kappa shape index (κ3) is 9.31. The molecule has 6 aromatic rings. The number of anilines is 4. The molecule has 2 amide bonds. The van der Waals surface area contributed by atoms with Crippen molar-refractivity contribution in [1.29, 1.82) is 10.5 Å². The lowest BCUT2D eigenvalue weighted by Gasteiger charge is -2.52. The van der Waals surface area contributed by atoms with Crippen LogP contribution in [0.1, 0.15) is 49.8 Å². The van der Waals surface area contributed by atoms with Crippen LogP contribution < -0.4 is 29.6 Å². The molecular formula is C55H49Cl3F2N8O6. The Morgan fingerprint density at radius 1 is 0.811 bits per heavy atom. The SMILES string of the molecule is C=CC(=O)N1C[C@H]2C[C@@H](C1)C2Oc1cc2c(Nc3ccc(C[C@@]4(C(C)C)C[C@@H](Oc5cc6c(Nc7ccc(Cl)c(Cl)c7F)c(C#N)cnc6cc5OC)CCN4C(=O)C=C)c(Cl)c3F)c(C#N)cnc2cc1OC. The Hall–Kier alpha value is -7.37. The molecule has 3 saturated heterocycles. The van der Waals surface area contributed by atoms with Gasteiger partial charge in [-0.3, -0.25) is 19.6 Å². The number of nitrogens with zero attached hydrogens (tertiary/aromatic N) is 6. The molecule has 1 saturated carbocycles. The summed E-state index contributed by atoms with van der Waals surface area (Å²) in [4.78, 5) is 38.6. The number of hydrogen-bond donors (Lipinski definition) is 2. The molecule has 4 aliphatic rings. The van der Waals surface area contributed by atoms with Gasteiger partial charge in [-0.2, -0.15) is 10.5 Å². The van der Waals surface area contributed by atoms with Crippen molar-refractivity contribution in [2.75, 3.05) is 44.5 Å². The predicted molar refractivity (Wildman–Crippen MR) is 280 cm³/mol. The summed E-state index contributed by atoms with van der Waals surface area (Å²) >= 11 is 19.2. The molecule has 5 atom stereocenters. The first-order valence-electron chi connectivity index (χ1n) is 23.7. The van der Waals surface area contributed by atoms with E-state index in [1.54, 1.807) is 46.2 Å². The lowest BCUT2D eigenvalue weighted by Crippen LogP contribution is -2.62. The number of carbonyl (C=O) groups excluding carboxylic acids is 2. The highest BCUT2D eigenvalue weighted by Gasteiger charge is 2.50. The van der Waals surface area contributed by atoms with Crippen LogP contribution in [0.25, 0.3) is 21.8 Å². The van der Waals surface area contributed by atoms with Crippen molar-refractivity contribution in [3.05, 3.63) is 130 Å². The minimum absolute atomic E-state index is 0.0165. The Kier molecular flexibility index (Phi) is 14.5. The molecule has 4 aromatic carbocycles. The third-order valence-corrected chi connectivity index (χ3v) is 15.7. The molecule has 3 aliphatic heterocycles. The summed E-state index contributed by atoms with van der Waals surface area (Å²) < 4.78 is 57.2. The van der Waals surface area contributed by atoms with Gasteiger partial charge in [-0.25, -0.2) is 8.78 Å². The Balaban J connectivity index is 1.02. The molecule has 2 bridgehead atoms. The topological polar surface area (TPSA) is 175 Å². The Morgan fingerprint density at radius 3 is 1.88 bits per heavy atom. The van der Waals surface area contributed by atoms with Crippen molar-refractivity contribution < 1.29 is 37.3 Å². The van der Waals surface area contributed by atoms with Crippen LogP contribution in [-0.4, -0.2) is 83.2 Å². The molecule has 2 aromatic heterocycles. The van der Waals surface area contributed by atoms with Crippen LogP contribution in [0.3, 0.4) is 0 Å². The highest BCUT2D eigenvalue weighted by atomic mass is 35.5. The maximum absolute atomic E-state index is 16.9. The van der Waals surface area contributed by atoms with E-state index in [1.807, 2.05) is 13.8 Å². The van der Waals surface area contributed by atoms with E-state index in [9.17, 15) is 20.1 Å². The van der Waals surface area contributed by atoms with Gasteiger partial charge in [0.05, 0.1) is 79.7 Å². The van der Waals surface area contributed by atoms with Gasteiger partial charge in [0.15, 0.2) is 34.6 Å². The number of nitriles is 2. The standard InChI is InChI=1S/C55H49Cl3F2N8O6/c1-7-46(69)67-26-30-15-31(27-67)54(30)74-45-17-36-41(19-43(45)72-6)64-25-33(23-62)53(36)65-38-11-9-29(48(57)50(38)59)20-55(28(3)4)21-34(13-14-68(55)47(70)8-2)73-44-16-35-40(18-42(44)71-5)63-24-32(22-61)52(35)66-39-12-10-37(56)49(58)51(39)60/h7-12,16-19,24-25,28,30-31,34,54H,1-2,13-15,20-21,26-27H2,3-6H3,(H,63,66)(H,64,65)/t30-,31+,34-,54?,55-/m0/s1. The van der Waals surface area contributed by atoms with Gasteiger partial charge in [0.25, 0.3) is 0 Å². The first kappa shape index (κ1) is 51.5. The van der Waals surface area contributed by atoms with Crippen LogP contribution in [-0.2, 0) is 16.0 Å². The van der Waals surface area contributed by atoms with Crippen molar-refractivity contribution in [1.82, 2.24) is 19.8 Å². The summed E-state index contributed by atoms with van der Waals surface area (Å²) in [5, 5.41) is 27.0. The van der Waals surface area contributed by atoms with Crippen LogP contribution in [0, 0.1) is 52.1 Å². The smallest absolute Gasteiger partial charge is 0.246 e. The van der Waals surface area contributed by atoms with Gasteiger partial charge >= 0.3 is 0 Å². The van der Waals surface area contributed by atoms with Crippen molar-refractivity contribution in [3.8, 4) is 35.1 Å². The number of aromatic nitrogens is 2. The number of likely N-dealkylation sites (tertiary alicyclic amines) is 1. The summed E-state index contributed by atoms with van der Waals surface area (Å²) in [7, 11) is 3.00. The van der Waals surface area contributed by atoms with E-state index in [0.717, 1.165) is 6.42 Å². The highest BCUT2D eigenvalue weighted by Crippen LogP contribution is 2.48. The van der Waals surface area contributed by atoms with Crippen molar-refractivity contribution >= 4 is 91.2 Å². The number of pyridine rings is 2. The van der Waals surface area contributed by atoms with Crippen LogP contribution in [0.15, 0.2) is 86.2 Å². The average Bonchev–Trinajstić information content (AvgIpc) is 3.41. The maximum atomic E-state index is 16.9. The quantitative estimate of drug-likeness (QED) is 0.0737. The van der Waals surface area contributed by atoms with Gasteiger partial charge in [-0.15, -0.1) is 0 Å². The first-order valence-corrected chi connectivity index (χ1v) is 24.8. The fourth-order valence-corrected chi connectivity index (χ4v) is 11.2. The molecule has 380 valence electrons. The second kappa shape index (κ2) is 20.9. The second-order valence-corrected chi connectivity index (χ2v) is 20.0. The number of benzene rings is 4. The van der Waals surface area contributed by atoms with Gasteiger partial charge < -0.3 is 39.4 Å². The molecule has 1 aliphatic carbocycles. The van der Waals surface area contributed by atoms with E-state index in [4.69, 9.17) is 53.8 Å². The molecule has 74 heavy (non-hydrogen) atoms. The number of nitrogens with one attached hydrogen (secondary N) is 2. The van der Waals surface area contributed by atoms with Crippen LogP contribution in [0.2, 0.25) is 15.1 Å². The lowest BCUT2D eigenvalue weighted by molar-refractivity contribution is -0.142. The molecule has 10 rings (SSSR count). The van der Waals surface area contributed by atoms with Crippen LogP contribution >= 0.6 is 34.8 Å². The van der Waals surface area contributed by atoms with Gasteiger partial charge in [0, 0.05) is 79.6 Å². The number of methoxy groups -OCH3 is 2. The molecular weight excluding hydrogens is 1010 g/mol. The molecule has 19 heteroatoms. The molecule has 1 unspecified atom stereocenters. The summed E-state index contributed by atoms with van der Waals surface area (Å²) in [6, 6.07) is 17.1. The van der Waals surface area contributed by atoms with Gasteiger partial charge in [0.2, 0.25) is 11.8 Å². The summed E-state index contributed by atoms with van der Waals surface area (Å²) in [6.45, 7) is 12.7. The van der Waals surface area contributed by atoms with E-state index in [2.05, 4.69) is 45.9 Å². The minimum Gasteiger partial charge on any atom is -0.493 e. The molecule has 4 fully saturated rings. The number of carbonyl (C=O) groups is 2. The predicted octanol–water partition coefficient (Wildman–Crippen LogP) is 11.9. The van der Waals surface area contributed by atoms with Crippen molar-refractivity contribution in [3.63, 3.8) is 0 Å². The first-order chi connectivity index (χ1) is 35.6. The zero-order valence-corrected chi connectivity index (χ0v) is 43.0. The van der Waals surface area contributed by atoms with Gasteiger partial charge in [-0.05, 0) is 66.8 Å². The molecule has 14 nitrogen and oxygen atoms in total. The van der Waals surface area contributed by atoms with Crippen molar-refractivity contribution in [2.45, 2.75) is 57.3 Å². The van der Waals surface area contributed by atoms with E-state index in [-0.39, 0.29) is 110 Å². The fourth-order valence-electron chi connectivity index (χ4n) is 10.6. The maximum Gasteiger partial charge on any atom is 0.246 e. The largest absolute Gasteiger partial charge is 0.493 e. The number of halogens is 5. The Morgan fingerprint density at radius 2 is 1.35 bits per heavy atom. The third-order valence-electron chi connectivity index (χ3n) is 14.6. The molecule has 0 spiro atoms. The lowest BCUT2D eigenvalue weighted by atomic mass is 9.68. The number of fused-ring (bicyclic) bond motifs is 4. The molecule has 2 N–H and O–H groups in total. The summed E-state index contributed by atoms with van der Waals surface area (Å²) in [6.07, 6.45) is 6.26. The van der Waals surface area contributed by atoms with E-state index >= 15 is 8.78 Å². The highest BCUT2D eigenvalue weighted by molar-refractivity contribution is 6.42. The zero-order valence-electron chi connectivity index (χ0n) is 40.7. The van der Waals surface area contributed by atoms with Crippen molar-refractivity contribution in [2.24, 2.45) is 17.8 Å². The van der Waals surface area contributed by atoms with Crippen LogP contribution in [0.4, 0.5) is 31.5 Å². The molecule has 5 heterocycles. The monoisotopic (exact) mass is 1060 g/mol.